The molecule has 8 heteroatoms. The van der Waals surface area contributed by atoms with Gasteiger partial charge in [0.2, 0.25) is 0 Å². The summed E-state index contributed by atoms with van der Waals surface area (Å²) in [4.78, 5) is 24.9. The summed E-state index contributed by atoms with van der Waals surface area (Å²) in [7, 11) is -1.69. The van der Waals surface area contributed by atoms with Gasteiger partial charge >= 0.3 is 11.9 Å². The second-order valence-electron chi connectivity index (χ2n) is 6.42. The molecule has 3 rings (SSSR count). The fourth-order valence-electron chi connectivity index (χ4n) is 3.59. The maximum atomic E-state index is 13.7. The van der Waals surface area contributed by atoms with Gasteiger partial charge in [-0.3, -0.25) is 14.9 Å². The van der Waals surface area contributed by atoms with Crippen molar-refractivity contribution in [2.75, 3.05) is 14.2 Å². The molecule has 0 radical (unpaired) electrons. The topological polar surface area (TPSA) is 98.8 Å². The Morgan fingerprint density at radius 2 is 1.11 bits per heavy atom. The number of carbonyl (C=O) groups excluding carboxylic acids is 2. The fourth-order valence-corrected chi connectivity index (χ4v) is 6.12. The first-order valence-corrected chi connectivity index (χ1v) is 10.3. The third kappa shape index (κ3) is 3.53. The predicted molar refractivity (Wildman–Crippen MR) is 102 cm³/mol. The number of rotatable bonds is 4. The fraction of sp³-hybridized carbons (Fsp3) is 0.300. The predicted octanol–water partition coefficient (Wildman–Crippen LogP) is 1.57. The highest BCUT2D eigenvalue weighted by Gasteiger charge is 2.55. The smallest absolute Gasteiger partial charge is 0.324 e. The Kier molecular flexibility index (Phi) is 5.81. The molecule has 0 aromatic heterocycles. The Labute approximate surface area is 163 Å². The molecule has 1 saturated heterocycles. The van der Waals surface area contributed by atoms with E-state index in [1.807, 2.05) is 0 Å². The van der Waals surface area contributed by atoms with Gasteiger partial charge in [0.15, 0.2) is 9.84 Å². The second kappa shape index (κ2) is 8.12. The second-order valence-corrected chi connectivity index (χ2v) is 8.61. The summed E-state index contributed by atoms with van der Waals surface area (Å²) in [6, 6.07) is 14.4. The van der Waals surface area contributed by atoms with Gasteiger partial charge in [-0.15, -0.1) is 0 Å². The van der Waals surface area contributed by atoms with E-state index in [2.05, 4.69) is 5.32 Å². The lowest BCUT2D eigenvalue weighted by molar-refractivity contribution is -0.147. The van der Waals surface area contributed by atoms with Crippen LogP contribution < -0.4 is 5.32 Å². The van der Waals surface area contributed by atoms with E-state index < -0.39 is 44.4 Å². The molecule has 2 aromatic carbocycles. The highest BCUT2D eigenvalue weighted by atomic mass is 32.2. The van der Waals surface area contributed by atoms with E-state index in [4.69, 9.17) is 9.47 Å². The van der Waals surface area contributed by atoms with Gasteiger partial charge in [0.05, 0.1) is 14.2 Å². The van der Waals surface area contributed by atoms with E-state index in [1.165, 1.54) is 14.2 Å². The van der Waals surface area contributed by atoms with Gasteiger partial charge in [-0.1, -0.05) is 60.7 Å². The maximum absolute atomic E-state index is 13.7. The Morgan fingerprint density at radius 1 is 0.750 bits per heavy atom. The molecule has 28 heavy (non-hydrogen) atoms. The van der Waals surface area contributed by atoms with Crippen LogP contribution in [0.2, 0.25) is 0 Å². The number of ether oxygens (including phenoxy) is 2. The number of nitrogens with one attached hydrogen (secondary N) is 1. The third-order valence-electron chi connectivity index (χ3n) is 4.84. The van der Waals surface area contributed by atoms with Crippen molar-refractivity contribution in [1.29, 1.82) is 0 Å². The third-order valence-corrected chi connectivity index (χ3v) is 7.34. The van der Waals surface area contributed by atoms with Crippen LogP contribution in [0, 0.1) is 0 Å². The summed E-state index contributed by atoms with van der Waals surface area (Å²) < 4.78 is 37.1. The van der Waals surface area contributed by atoms with Crippen molar-refractivity contribution in [2.24, 2.45) is 0 Å². The number of sulfone groups is 1. The van der Waals surface area contributed by atoms with Crippen molar-refractivity contribution in [3.8, 4) is 0 Å². The molecule has 2 aromatic rings. The van der Waals surface area contributed by atoms with Crippen molar-refractivity contribution in [1.82, 2.24) is 5.32 Å². The zero-order chi connectivity index (χ0) is 20.3. The van der Waals surface area contributed by atoms with Gasteiger partial charge in [0, 0.05) is 0 Å². The quantitative estimate of drug-likeness (QED) is 0.774. The van der Waals surface area contributed by atoms with Crippen LogP contribution in [0.15, 0.2) is 60.7 Å². The van der Waals surface area contributed by atoms with Crippen LogP contribution in [0.5, 0.6) is 0 Å². The zero-order valence-electron chi connectivity index (χ0n) is 15.4. The van der Waals surface area contributed by atoms with Crippen molar-refractivity contribution in [3.05, 3.63) is 71.8 Å². The average molecular weight is 403 g/mol. The van der Waals surface area contributed by atoms with Gasteiger partial charge in [-0.2, -0.15) is 0 Å². The first kappa shape index (κ1) is 20.0. The van der Waals surface area contributed by atoms with Crippen LogP contribution in [0.4, 0.5) is 0 Å². The number of methoxy groups -OCH3 is 2. The molecule has 7 nitrogen and oxygen atoms in total. The lowest BCUT2D eigenvalue weighted by atomic mass is 9.99. The van der Waals surface area contributed by atoms with E-state index in [1.54, 1.807) is 60.7 Å². The molecule has 4 atom stereocenters. The highest BCUT2D eigenvalue weighted by Crippen LogP contribution is 2.43. The zero-order valence-corrected chi connectivity index (χ0v) is 16.3. The van der Waals surface area contributed by atoms with Gasteiger partial charge in [0.25, 0.3) is 0 Å². The first-order valence-electron chi connectivity index (χ1n) is 8.66. The number of carbonyl (C=O) groups is 2. The molecular formula is C20H21NO6S. The molecule has 0 saturated carbocycles. The lowest BCUT2D eigenvalue weighted by Gasteiger charge is -2.40. The number of hydrogen-bond donors (Lipinski definition) is 1. The van der Waals surface area contributed by atoms with Crippen LogP contribution in [-0.4, -0.2) is 46.7 Å². The van der Waals surface area contributed by atoms with Gasteiger partial charge in [-0.25, -0.2) is 8.42 Å². The van der Waals surface area contributed by atoms with Gasteiger partial charge in [0.1, 0.15) is 22.6 Å². The van der Waals surface area contributed by atoms with Crippen molar-refractivity contribution < 1.29 is 27.5 Å². The van der Waals surface area contributed by atoms with Crippen molar-refractivity contribution in [2.45, 2.75) is 22.6 Å². The Morgan fingerprint density at radius 3 is 1.43 bits per heavy atom. The lowest BCUT2D eigenvalue weighted by Crippen LogP contribution is -2.60. The minimum atomic E-state index is -4.04. The summed E-state index contributed by atoms with van der Waals surface area (Å²) in [6.45, 7) is 0. The molecule has 1 aliphatic rings. The summed E-state index contributed by atoms with van der Waals surface area (Å²) in [6.07, 6.45) is 0. The van der Waals surface area contributed by atoms with Crippen LogP contribution in [0.3, 0.4) is 0 Å². The molecule has 1 fully saturated rings. The van der Waals surface area contributed by atoms with Crippen molar-refractivity contribution in [3.63, 3.8) is 0 Å². The van der Waals surface area contributed by atoms with Crippen LogP contribution in [-0.2, 0) is 28.9 Å². The Hall–Kier alpha value is -2.71. The first-order chi connectivity index (χ1) is 13.4. The van der Waals surface area contributed by atoms with E-state index >= 15 is 0 Å². The van der Waals surface area contributed by atoms with Crippen LogP contribution in [0.1, 0.15) is 21.6 Å². The molecule has 1 heterocycles. The highest BCUT2D eigenvalue weighted by molar-refractivity contribution is 7.92. The monoisotopic (exact) mass is 403 g/mol. The Balaban J connectivity index is 2.21. The van der Waals surface area contributed by atoms with Crippen molar-refractivity contribution >= 4 is 21.8 Å². The molecule has 148 valence electrons. The maximum Gasteiger partial charge on any atom is 0.324 e. The van der Waals surface area contributed by atoms with Crippen LogP contribution in [0.25, 0.3) is 0 Å². The SMILES string of the molecule is COC(=O)[C@H]1N[C@@H](C(=O)OC)[C@H](c2ccccc2)S(=O)(=O)[C@@H]1c1ccccc1. The number of benzene rings is 2. The molecule has 0 amide bonds. The largest absolute Gasteiger partial charge is 0.468 e. The number of hydrogen-bond acceptors (Lipinski definition) is 7. The summed E-state index contributed by atoms with van der Waals surface area (Å²) >= 11 is 0. The van der Waals surface area contributed by atoms with Crippen LogP contribution >= 0.6 is 0 Å². The minimum absolute atomic E-state index is 0.439. The molecule has 1 N–H and O–H groups in total. The van der Waals surface area contributed by atoms with Gasteiger partial charge < -0.3 is 9.47 Å². The standard InChI is InChI=1S/C20H21NO6S/c1-26-19(22)15-17(13-9-5-3-6-10-13)28(24,25)18(14-11-7-4-8-12-14)16(21-15)20(23)27-2/h3-12,15-18,21H,1-2H3/t15-,16+,17+,18-. The van der Waals surface area contributed by atoms with E-state index in [0.717, 1.165) is 0 Å². The molecule has 0 spiro atoms. The average Bonchev–Trinajstić information content (AvgIpc) is 2.72. The minimum Gasteiger partial charge on any atom is -0.468 e. The summed E-state index contributed by atoms with van der Waals surface area (Å²) in [5.41, 5.74) is 0.879. The molecule has 0 unspecified atom stereocenters. The molecule has 0 bridgehead atoms. The normalized spacial score (nSPS) is 26.2. The number of esters is 2. The molecule has 0 aliphatic carbocycles. The summed E-state index contributed by atoms with van der Waals surface area (Å²) in [5.74, 6) is -1.53. The molecule has 1 aliphatic heterocycles. The van der Waals surface area contributed by atoms with Gasteiger partial charge in [-0.05, 0) is 11.1 Å². The molecular weight excluding hydrogens is 382 g/mol. The summed E-state index contributed by atoms with van der Waals surface area (Å²) in [5, 5.41) is 0.448. The van der Waals surface area contributed by atoms with E-state index in [0.29, 0.717) is 11.1 Å². The van der Waals surface area contributed by atoms with E-state index in [9.17, 15) is 18.0 Å². The Bertz CT molecular complexity index is 874. The van der Waals surface area contributed by atoms with E-state index in [-0.39, 0.29) is 0 Å².